The summed E-state index contributed by atoms with van der Waals surface area (Å²) < 4.78 is 14.7. The highest BCUT2D eigenvalue weighted by Crippen LogP contribution is 2.28. The number of hydrogen-bond donors (Lipinski definition) is 1. The number of carbonyl (C=O) groups is 1. The maximum absolute atomic E-state index is 13.5. The highest BCUT2D eigenvalue weighted by Gasteiger charge is 2.18. The highest BCUT2D eigenvalue weighted by atomic mass is 19.1. The van der Waals surface area contributed by atoms with Crippen molar-refractivity contribution in [3.8, 4) is 0 Å². The molecule has 1 N–H and O–H groups in total. The lowest BCUT2D eigenvalue weighted by Gasteiger charge is -2.19. The van der Waals surface area contributed by atoms with Crippen LogP contribution >= 0.6 is 0 Å². The summed E-state index contributed by atoms with van der Waals surface area (Å²) >= 11 is 0. The highest BCUT2D eigenvalue weighted by molar-refractivity contribution is 5.91. The molecule has 0 atom stereocenters. The number of rotatable bonds is 1. The van der Waals surface area contributed by atoms with Gasteiger partial charge in [0.1, 0.15) is 5.82 Å². The summed E-state index contributed by atoms with van der Waals surface area (Å²) in [6, 6.07) is 4.41. The van der Waals surface area contributed by atoms with Crippen LogP contribution in [0.25, 0.3) is 10.9 Å². The largest absolute Gasteiger partial charge is 0.464 e. The summed E-state index contributed by atoms with van der Waals surface area (Å²) in [5.41, 5.74) is 1.28. The van der Waals surface area contributed by atoms with Gasteiger partial charge in [-0.1, -0.05) is 20.8 Å². The van der Waals surface area contributed by atoms with Crippen molar-refractivity contribution in [1.82, 2.24) is 4.57 Å². The molecule has 0 amide bonds. The van der Waals surface area contributed by atoms with Crippen LogP contribution < -0.4 is 0 Å². The number of carboxylic acid groups (broad SMARTS) is 1. The van der Waals surface area contributed by atoms with Gasteiger partial charge in [0.05, 0.1) is 5.52 Å². The predicted octanol–water partition coefficient (Wildman–Crippen LogP) is 3.90. The van der Waals surface area contributed by atoms with Crippen LogP contribution in [0.15, 0.2) is 24.4 Å². The molecule has 0 bridgehead atoms. The van der Waals surface area contributed by atoms with E-state index < -0.39 is 6.09 Å². The van der Waals surface area contributed by atoms with E-state index in [1.807, 2.05) is 20.8 Å². The second-order valence-corrected chi connectivity index (χ2v) is 5.71. The summed E-state index contributed by atoms with van der Waals surface area (Å²) in [6.45, 7) is 6.12. The lowest BCUT2D eigenvalue weighted by atomic mass is 9.87. The molecule has 0 saturated carbocycles. The van der Waals surface area contributed by atoms with E-state index in [0.29, 0.717) is 17.3 Å². The van der Waals surface area contributed by atoms with Gasteiger partial charge in [-0.15, -0.1) is 0 Å². The third-order valence-electron chi connectivity index (χ3n) is 2.75. The first-order chi connectivity index (χ1) is 8.28. The van der Waals surface area contributed by atoms with Crippen molar-refractivity contribution in [2.45, 2.75) is 27.2 Å². The lowest BCUT2D eigenvalue weighted by Crippen LogP contribution is -2.13. The second kappa shape index (κ2) is 4.12. The summed E-state index contributed by atoms with van der Waals surface area (Å²) in [7, 11) is 0. The van der Waals surface area contributed by atoms with E-state index >= 15 is 0 Å². The SMILES string of the molecule is CC(C)(C)Cc1cc(F)cc2ccn(C(=O)O)c12. The Balaban J connectivity index is 2.69. The van der Waals surface area contributed by atoms with Crippen molar-refractivity contribution in [2.75, 3.05) is 0 Å². The monoisotopic (exact) mass is 249 g/mol. The zero-order valence-electron chi connectivity index (χ0n) is 10.7. The van der Waals surface area contributed by atoms with Crippen LogP contribution in [0, 0.1) is 11.2 Å². The predicted molar refractivity (Wildman–Crippen MR) is 68.5 cm³/mol. The van der Waals surface area contributed by atoms with Gasteiger partial charge < -0.3 is 5.11 Å². The minimum absolute atomic E-state index is 0.0334. The van der Waals surface area contributed by atoms with E-state index in [0.717, 1.165) is 10.1 Å². The Bertz CT molecular complexity index is 608. The maximum Gasteiger partial charge on any atom is 0.416 e. The molecule has 0 spiro atoms. The van der Waals surface area contributed by atoms with E-state index in [1.54, 1.807) is 6.07 Å². The Morgan fingerprint density at radius 2 is 2.06 bits per heavy atom. The average Bonchev–Trinajstić information content (AvgIpc) is 2.58. The molecule has 0 aliphatic rings. The number of aromatic nitrogens is 1. The zero-order valence-corrected chi connectivity index (χ0v) is 10.7. The Hall–Kier alpha value is -1.84. The molecule has 96 valence electrons. The molecule has 1 heterocycles. The van der Waals surface area contributed by atoms with Gasteiger partial charge >= 0.3 is 6.09 Å². The van der Waals surface area contributed by atoms with E-state index in [2.05, 4.69) is 0 Å². The molecule has 1 aromatic heterocycles. The van der Waals surface area contributed by atoms with E-state index in [1.165, 1.54) is 18.3 Å². The number of benzene rings is 1. The molecular formula is C14H16FNO2. The van der Waals surface area contributed by atoms with Crippen molar-refractivity contribution < 1.29 is 14.3 Å². The zero-order chi connectivity index (χ0) is 13.5. The van der Waals surface area contributed by atoms with Gasteiger partial charge in [0.25, 0.3) is 0 Å². The van der Waals surface area contributed by atoms with Crippen LogP contribution in [0.3, 0.4) is 0 Å². The maximum atomic E-state index is 13.5. The summed E-state index contributed by atoms with van der Waals surface area (Å²) in [4.78, 5) is 11.1. The third-order valence-corrected chi connectivity index (χ3v) is 2.75. The van der Waals surface area contributed by atoms with Gasteiger partial charge in [-0.3, -0.25) is 4.57 Å². The van der Waals surface area contributed by atoms with Crippen molar-refractivity contribution in [1.29, 1.82) is 0 Å². The first-order valence-corrected chi connectivity index (χ1v) is 5.81. The Labute approximate surface area is 105 Å². The quantitative estimate of drug-likeness (QED) is 0.833. The molecule has 2 aromatic rings. The number of hydrogen-bond acceptors (Lipinski definition) is 1. The molecule has 0 unspecified atom stereocenters. The molecule has 1 aromatic carbocycles. The fraction of sp³-hybridized carbons (Fsp3) is 0.357. The molecule has 4 heteroatoms. The molecule has 0 aliphatic carbocycles. The Morgan fingerprint density at radius 1 is 1.39 bits per heavy atom. The Morgan fingerprint density at radius 3 is 2.61 bits per heavy atom. The minimum atomic E-state index is -1.05. The van der Waals surface area contributed by atoms with Crippen LogP contribution in [-0.2, 0) is 6.42 Å². The normalized spacial score (nSPS) is 12.0. The van der Waals surface area contributed by atoms with Gasteiger partial charge in [-0.25, -0.2) is 9.18 Å². The van der Waals surface area contributed by atoms with Crippen molar-refractivity contribution in [3.05, 3.63) is 35.8 Å². The van der Waals surface area contributed by atoms with E-state index in [4.69, 9.17) is 5.11 Å². The minimum Gasteiger partial charge on any atom is -0.464 e. The van der Waals surface area contributed by atoms with Crippen molar-refractivity contribution in [2.24, 2.45) is 5.41 Å². The Kier molecular flexibility index (Phi) is 2.89. The van der Waals surface area contributed by atoms with Crippen LogP contribution in [0.5, 0.6) is 0 Å². The van der Waals surface area contributed by atoms with E-state index in [-0.39, 0.29) is 11.2 Å². The molecule has 0 radical (unpaired) electrons. The second-order valence-electron chi connectivity index (χ2n) is 5.71. The summed E-state index contributed by atoms with van der Waals surface area (Å²) in [5, 5.41) is 9.75. The van der Waals surface area contributed by atoms with Gasteiger partial charge in [0.15, 0.2) is 0 Å². The number of nitrogens with zero attached hydrogens (tertiary/aromatic N) is 1. The van der Waals surface area contributed by atoms with E-state index in [9.17, 15) is 9.18 Å². The van der Waals surface area contributed by atoms with Crippen LogP contribution in [-0.4, -0.2) is 15.8 Å². The molecule has 2 rings (SSSR count). The van der Waals surface area contributed by atoms with Crippen LogP contribution in [0.2, 0.25) is 0 Å². The van der Waals surface area contributed by atoms with Gasteiger partial charge in [0, 0.05) is 11.6 Å². The molecule has 18 heavy (non-hydrogen) atoms. The lowest BCUT2D eigenvalue weighted by molar-refractivity contribution is 0.197. The third kappa shape index (κ3) is 2.37. The molecule has 0 aliphatic heterocycles. The molecule has 0 saturated heterocycles. The number of halogens is 1. The summed E-state index contributed by atoms with van der Waals surface area (Å²) in [6.07, 6.45) is 1.03. The number of fused-ring (bicyclic) bond motifs is 1. The fourth-order valence-electron chi connectivity index (χ4n) is 2.19. The topological polar surface area (TPSA) is 42.2 Å². The average molecular weight is 249 g/mol. The van der Waals surface area contributed by atoms with Gasteiger partial charge in [-0.05, 0) is 35.6 Å². The standard InChI is InChI=1S/C14H16FNO2/c1-14(2,3)8-10-7-11(15)6-9-4-5-16(12(9)10)13(17)18/h4-7H,8H2,1-3H3,(H,17,18). The fourth-order valence-corrected chi connectivity index (χ4v) is 2.19. The molecule has 3 nitrogen and oxygen atoms in total. The smallest absolute Gasteiger partial charge is 0.416 e. The van der Waals surface area contributed by atoms with Crippen LogP contribution in [0.4, 0.5) is 9.18 Å². The summed E-state index contributed by atoms with van der Waals surface area (Å²) in [5.74, 6) is -0.329. The van der Waals surface area contributed by atoms with Gasteiger partial charge in [0.2, 0.25) is 0 Å². The molecular weight excluding hydrogens is 233 g/mol. The molecule has 0 fully saturated rings. The van der Waals surface area contributed by atoms with Crippen LogP contribution in [0.1, 0.15) is 26.3 Å². The van der Waals surface area contributed by atoms with Crippen molar-refractivity contribution in [3.63, 3.8) is 0 Å². The van der Waals surface area contributed by atoms with Crippen molar-refractivity contribution >= 4 is 17.0 Å². The first-order valence-electron chi connectivity index (χ1n) is 5.81. The first kappa shape index (κ1) is 12.6. The van der Waals surface area contributed by atoms with Gasteiger partial charge in [-0.2, -0.15) is 0 Å².